The lowest BCUT2D eigenvalue weighted by Gasteiger charge is -2.31. The van der Waals surface area contributed by atoms with Crippen molar-refractivity contribution in [1.82, 2.24) is 10.2 Å². The van der Waals surface area contributed by atoms with Crippen molar-refractivity contribution in [3.8, 4) is 0 Å². The number of nitrogens with zero attached hydrogens (tertiary/aromatic N) is 1. The maximum Gasteiger partial charge on any atom is 0.242 e. The summed E-state index contributed by atoms with van der Waals surface area (Å²) in [5.41, 5.74) is 2.38. The van der Waals surface area contributed by atoms with E-state index in [1.165, 1.54) is 12.5 Å². The van der Waals surface area contributed by atoms with Crippen LogP contribution in [-0.4, -0.2) is 28.8 Å². The fourth-order valence-corrected chi connectivity index (χ4v) is 4.03. The van der Waals surface area contributed by atoms with Gasteiger partial charge in [0, 0.05) is 12.6 Å². The maximum absolute atomic E-state index is 14.1. The van der Waals surface area contributed by atoms with Crippen LogP contribution in [0.15, 0.2) is 48.5 Å². The van der Waals surface area contributed by atoms with Crippen molar-refractivity contribution in [2.24, 2.45) is 0 Å². The van der Waals surface area contributed by atoms with Gasteiger partial charge in [0.05, 0.1) is 6.42 Å². The summed E-state index contributed by atoms with van der Waals surface area (Å²) in [7, 11) is 0. The minimum absolute atomic E-state index is 0.0698. The Hall–Kier alpha value is -2.69. The summed E-state index contributed by atoms with van der Waals surface area (Å²) in [5, 5.41) is 3.12. The molecule has 0 bridgehead atoms. The number of halogens is 1. The summed E-state index contributed by atoms with van der Waals surface area (Å²) < 4.78 is 14.1. The first kappa shape index (κ1) is 22.0. The molecular formula is C25H31FN2O2. The molecule has 0 aromatic heterocycles. The molecule has 1 aliphatic rings. The van der Waals surface area contributed by atoms with Crippen molar-refractivity contribution in [1.29, 1.82) is 0 Å². The molecule has 30 heavy (non-hydrogen) atoms. The van der Waals surface area contributed by atoms with Crippen LogP contribution in [0.1, 0.15) is 55.7 Å². The predicted molar refractivity (Wildman–Crippen MR) is 116 cm³/mol. The van der Waals surface area contributed by atoms with Gasteiger partial charge in [-0.05, 0) is 49.4 Å². The average molecular weight is 411 g/mol. The molecular weight excluding hydrogens is 379 g/mol. The van der Waals surface area contributed by atoms with Crippen molar-refractivity contribution in [2.45, 2.75) is 71.0 Å². The van der Waals surface area contributed by atoms with Crippen LogP contribution in [0.5, 0.6) is 0 Å². The first-order valence-corrected chi connectivity index (χ1v) is 10.8. The van der Waals surface area contributed by atoms with Gasteiger partial charge < -0.3 is 10.2 Å². The Labute approximate surface area is 178 Å². The quantitative estimate of drug-likeness (QED) is 0.728. The van der Waals surface area contributed by atoms with Crippen LogP contribution < -0.4 is 5.32 Å². The Bertz CT molecular complexity index is 877. The number of carbonyl (C=O) groups is 2. The molecule has 1 unspecified atom stereocenters. The van der Waals surface area contributed by atoms with Gasteiger partial charge in [-0.2, -0.15) is 0 Å². The summed E-state index contributed by atoms with van der Waals surface area (Å²) >= 11 is 0. The zero-order chi connectivity index (χ0) is 21.5. The second-order valence-electron chi connectivity index (χ2n) is 8.24. The topological polar surface area (TPSA) is 49.4 Å². The lowest BCUT2D eigenvalue weighted by atomic mass is 9.95. The van der Waals surface area contributed by atoms with E-state index in [0.29, 0.717) is 12.1 Å². The largest absolute Gasteiger partial charge is 0.352 e. The van der Waals surface area contributed by atoms with E-state index in [1.807, 2.05) is 31.2 Å². The summed E-state index contributed by atoms with van der Waals surface area (Å²) in [4.78, 5) is 27.7. The van der Waals surface area contributed by atoms with Gasteiger partial charge in [-0.25, -0.2) is 4.39 Å². The number of hydrogen-bond donors (Lipinski definition) is 1. The zero-order valence-electron chi connectivity index (χ0n) is 17.9. The number of carbonyl (C=O) groups excluding carboxylic acids is 2. The minimum Gasteiger partial charge on any atom is -0.352 e. The van der Waals surface area contributed by atoms with Crippen LogP contribution in [0.25, 0.3) is 0 Å². The highest BCUT2D eigenvalue weighted by Gasteiger charge is 2.28. The Kier molecular flexibility index (Phi) is 7.61. The van der Waals surface area contributed by atoms with Gasteiger partial charge in [0.25, 0.3) is 0 Å². The van der Waals surface area contributed by atoms with Gasteiger partial charge in [-0.1, -0.05) is 61.7 Å². The predicted octanol–water partition coefficient (Wildman–Crippen LogP) is 4.54. The van der Waals surface area contributed by atoms with Gasteiger partial charge in [0.1, 0.15) is 11.9 Å². The third kappa shape index (κ3) is 5.68. The third-order valence-corrected chi connectivity index (χ3v) is 6.02. The van der Waals surface area contributed by atoms with Crippen molar-refractivity contribution in [3.05, 3.63) is 71.0 Å². The SMILES string of the molecule is Cc1ccccc1CN(C(=O)Cc1ccccc1F)C(C)C(=O)NC1CCCCC1. The Balaban J connectivity index is 1.78. The van der Waals surface area contributed by atoms with E-state index in [4.69, 9.17) is 0 Å². The summed E-state index contributed by atoms with van der Waals surface area (Å²) in [6.07, 6.45) is 5.36. The molecule has 2 amide bonds. The second kappa shape index (κ2) is 10.4. The standard InChI is InChI=1S/C25H31FN2O2/c1-18-10-6-7-12-21(18)17-28(24(29)16-20-11-8-9-15-23(20)26)19(2)25(30)27-22-13-4-3-5-14-22/h6-12,15,19,22H,3-5,13-14,16-17H2,1-2H3,(H,27,30). The lowest BCUT2D eigenvalue weighted by molar-refractivity contribution is -0.140. The minimum atomic E-state index is -0.634. The highest BCUT2D eigenvalue weighted by Crippen LogP contribution is 2.19. The Morgan fingerprint density at radius 2 is 1.67 bits per heavy atom. The van der Waals surface area contributed by atoms with Crippen LogP contribution in [0.3, 0.4) is 0 Å². The van der Waals surface area contributed by atoms with Crippen LogP contribution in [-0.2, 0) is 22.6 Å². The highest BCUT2D eigenvalue weighted by atomic mass is 19.1. The fraction of sp³-hybridized carbons (Fsp3) is 0.440. The molecule has 1 aliphatic carbocycles. The molecule has 3 rings (SSSR count). The number of rotatable bonds is 7. The van der Waals surface area contributed by atoms with Gasteiger partial charge in [0.15, 0.2) is 0 Å². The number of benzene rings is 2. The van der Waals surface area contributed by atoms with E-state index in [-0.39, 0.29) is 24.3 Å². The van der Waals surface area contributed by atoms with Gasteiger partial charge in [-0.3, -0.25) is 9.59 Å². The normalized spacial score (nSPS) is 15.4. The average Bonchev–Trinajstić information content (AvgIpc) is 2.75. The molecule has 160 valence electrons. The summed E-state index contributed by atoms with van der Waals surface area (Å²) in [6, 6.07) is 13.7. The lowest BCUT2D eigenvalue weighted by Crippen LogP contribution is -2.50. The molecule has 1 atom stereocenters. The summed E-state index contributed by atoms with van der Waals surface area (Å²) in [6.45, 7) is 4.07. The van der Waals surface area contributed by atoms with E-state index in [0.717, 1.165) is 36.8 Å². The fourth-order valence-electron chi connectivity index (χ4n) is 4.03. The molecule has 5 heteroatoms. The maximum atomic E-state index is 14.1. The Morgan fingerprint density at radius 1 is 1.03 bits per heavy atom. The molecule has 1 saturated carbocycles. The molecule has 0 heterocycles. The van der Waals surface area contributed by atoms with Crippen molar-refractivity contribution in [3.63, 3.8) is 0 Å². The molecule has 1 fully saturated rings. The van der Waals surface area contributed by atoms with Gasteiger partial charge >= 0.3 is 0 Å². The number of aryl methyl sites for hydroxylation is 1. The molecule has 0 spiro atoms. The van der Waals surface area contributed by atoms with E-state index in [9.17, 15) is 14.0 Å². The second-order valence-corrected chi connectivity index (χ2v) is 8.24. The van der Waals surface area contributed by atoms with E-state index >= 15 is 0 Å². The van der Waals surface area contributed by atoms with E-state index < -0.39 is 11.9 Å². The molecule has 0 saturated heterocycles. The van der Waals surface area contributed by atoms with Crippen LogP contribution in [0.4, 0.5) is 4.39 Å². The molecule has 2 aromatic carbocycles. The van der Waals surface area contributed by atoms with Crippen molar-refractivity contribution >= 4 is 11.8 Å². The van der Waals surface area contributed by atoms with Crippen molar-refractivity contribution < 1.29 is 14.0 Å². The first-order chi connectivity index (χ1) is 14.5. The third-order valence-electron chi connectivity index (χ3n) is 6.02. The van der Waals surface area contributed by atoms with Gasteiger partial charge in [0.2, 0.25) is 11.8 Å². The van der Waals surface area contributed by atoms with Crippen molar-refractivity contribution in [2.75, 3.05) is 0 Å². The number of hydrogen-bond acceptors (Lipinski definition) is 2. The van der Waals surface area contributed by atoms with Crippen LogP contribution in [0, 0.1) is 12.7 Å². The molecule has 0 radical (unpaired) electrons. The molecule has 0 aliphatic heterocycles. The Morgan fingerprint density at radius 3 is 2.33 bits per heavy atom. The number of amides is 2. The van der Waals surface area contributed by atoms with Crippen LogP contribution in [0.2, 0.25) is 0 Å². The number of nitrogens with one attached hydrogen (secondary N) is 1. The van der Waals surface area contributed by atoms with Gasteiger partial charge in [-0.15, -0.1) is 0 Å². The highest BCUT2D eigenvalue weighted by molar-refractivity contribution is 5.88. The molecule has 2 aromatic rings. The van der Waals surface area contributed by atoms with Crippen LogP contribution >= 0.6 is 0 Å². The molecule has 1 N–H and O–H groups in total. The van der Waals surface area contributed by atoms with E-state index in [2.05, 4.69) is 5.32 Å². The first-order valence-electron chi connectivity index (χ1n) is 10.8. The smallest absolute Gasteiger partial charge is 0.242 e. The molecule has 4 nitrogen and oxygen atoms in total. The van der Waals surface area contributed by atoms with E-state index in [1.54, 1.807) is 30.0 Å². The summed E-state index contributed by atoms with van der Waals surface area (Å²) in [5.74, 6) is -0.798. The monoisotopic (exact) mass is 410 g/mol. The zero-order valence-corrected chi connectivity index (χ0v) is 17.9.